The Balaban J connectivity index is 1.64. The predicted molar refractivity (Wildman–Crippen MR) is 106 cm³/mol. The number of piperidine rings is 1. The van der Waals surface area contributed by atoms with Crippen molar-refractivity contribution in [2.75, 3.05) is 26.2 Å². The lowest BCUT2D eigenvalue weighted by Gasteiger charge is -2.37. The van der Waals surface area contributed by atoms with Gasteiger partial charge in [-0.15, -0.1) is 0 Å². The van der Waals surface area contributed by atoms with Crippen LogP contribution in [0.1, 0.15) is 42.4 Å². The second kappa shape index (κ2) is 8.76. The molecule has 2 atom stereocenters. The number of carbonyl (C=O) groups excluding carboxylic acids is 2. The maximum absolute atomic E-state index is 12.8. The molecule has 1 N–H and O–H groups in total. The summed E-state index contributed by atoms with van der Waals surface area (Å²) >= 11 is 0. The molecule has 2 aliphatic heterocycles. The minimum absolute atomic E-state index is 0.00964. The van der Waals surface area contributed by atoms with Gasteiger partial charge in [-0.05, 0) is 56.2 Å². The third-order valence-corrected chi connectivity index (χ3v) is 6.12. The van der Waals surface area contributed by atoms with Crippen LogP contribution >= 0.6 is 0 Å². The van der Waals surface area contributed by atoms with Crippen LogP contribution in [0.25, 0.3) is 0 Å². The molecular formula is C22H30N2O4. The molecule has 1 aromatic carbocycles. The molecule has 2 aliphatic rings. The molecule has 152 valence electrons. The Morgan fingerprint density at radius 3 is 2.32 bits per heavy atom. The summed E-state index contributed by atoms with van der Waals surface area (Å²) in [6, 6.07) is 6.19. The summed E-state index contributed by atoms with van der Waals surface area (Å²) in [4.78, 5) is 40.6. The van der Waals surface area contributed by atoms with E-state index in [2.05, 4.69) is 26.0 Å². The molecule has 2 unspecified atom stereocenters. The Labute approximate surface area is 166 Å². The second-order valence-corrected chi connectivity index (χ2v) is 8.22. The van der Waals surface area contributed by atoms with E-state index in [4.69, 9.17) is 0 Å². The van der Waals surface area contributed by atoms with Gasteiger partial charge in [0, 0.05) is 32.6 Å². The van der Waals surface area contributed by atoms with Gasteiger partial charge in [0.25, 0.3) is 0 Å². The minimum Gasteiger partial charge on any atom is -0.481 e. The average molecular weight is 386 g/mol. The van der Waals surface area contributed by atoms with Gasteiger partial charge in [0.15, 0.2) is 0 Å². The Morgan fingerprint density at radius 2 is 1.68 bits per heavy atom. The van der Waals surface area contributed by atoms with Crippen LogP contribution in [0.15, 0.2) is 18.2 Å². The van der Waals surface area contributed by atoms with E-state index in [9.17, 15) is 19.5 Å². The fourth-order valence-corrected chi connectivity index (χ4v) is 4.22. The van der Waals surface area contributed by atoms with Crippen molar-refractivity contribution < 1.29 is 19.5 Å². The Morgan fingerprint density at radius 1 is 1.00 bits per heavy atom. The van der Waals surface area contributed by atoms with E-state index >= 15 is 0 Å². The highest BCUT2D eigenvalue weighted by Crippen LogP contribution is 2.26. The average Bonchev–Trinajstić information content (AvgIpc) is 3.22. The van der Waals surface area contributed by atoms with E-state index in [1.807, 2.05) is 11.0 Å². The molecule has 3 rings (SSSR count). The summed E-state index contributed by atoms with van der Waals surface area (Å²) in [7, 11) is 0. The summed E-state index contributed by atoms with van der Waals surface area (Å²) in [5.41, 5.74) is 3.52. The fraction of sp³-hybridized carbons (Fsp3) is 0.591. The highest BCUT2D eigenvalue weighted by molar-refractivity contribution is 5.83. The molecule has 0 aromatic heterocycles. The highest BCUT2D eigenvalue weighted by atomic mass is 16.4. The van der Waals surface area contributed by atoms with Crippen LogP contribution in [0.2, 0.25) is 0 Å². The minimum atomic E-state index is -0.925. The lowest BCUT2D eigenvalue weighted by Crippen LogP contribution is -2.50. The van der Waals surface area contributed by atoms with Gasteiger partial charge in [0.2, 0.25) is 11.8 Å². The topological polar surface area (TPSA) is 77.9 Å². The number of hydrogen-bond donors (Lipinski definition) is 1. The van der Waals surface area contributed by atoms with E-state index in [1.165, 1.54) is 11.1 Å². The van der Waals surface area contributed by atoms with Crippen molar-refractivity contribution in [1.82, 2.24) is 9.80 Å². The van der Waals surface area contributed by atoms with Crippen molar-refractivity contribution in [3.8, 4) is 0 Å². The van der Waals surface area contributed by atoms with Crippen LogP contribution in [-0.2, 0) is 20.8 Å². The van der Waals surface area contributed by atoms with Gasteiger partial charge in [-0.3, -0.25) is 14.4 Å². The predicted octanol–water partition coefficient (Wildman–Crippen LogP) is 2.41. The number of aliphatic carboxylic acids is 1. The van der Waals surface area contributed by atoms with Gasteiger partial charge in [-0.2, -0.15) is 0 Å². The van der Waals surface area contributed by atoms with E-state index in [0.29, 0.717) is 25.8 Å². The molecule has 0 saturated carbocycles. The van der Waals surface area contributed by atoms with Crippen molar-refractivity contribution in [2.45, 2.75) is 46.0 Å². The number of benzene rings is 1. The van der Waals surface area contributed by atoms with Crippen LogP contribution in [0.4, 0.5) is 0 Å². The highest BCUT2D eigenvalue weighted by Gasteiger charge is 2.38. The largest absolute Gasteiger partial charge is 0.481 e. The third kappa shape index (κ3) is 4.72. The zero-order valence-corrected chi connectivity index (χ0v) is 16.8. The smallest absolute Gasteiger partial charge is 0.308 e. The molecule has 2 fully saturated rings. The SMILES string of the molecule is Cc1ccc(CCC(=O)N2CC(C(=O)O)CC(C(=O)N3CCCC3)C2)cc1C. The number of likely N-dealkylation sites (tertiary alicyclic amines) is 2. The molecule has 0 radical (unpaired) electrons. The first-order chi connectivity index (χ1) is 13.3. The first-order valence-corrected chi connectivity index (χ1v) is 10.2. The summed E-state index contributed by atoms with van der Waals surface area (Å²) < 4.78 is 0. The zero-order chi connectivity index (χ0) is 20.3. The molecule has 6 heteroatoms. The van der Waals surface area contributed by atoms with E-state index in [0.717, 1.165) is 31.5 Å². The summed E-state index contributed by atoms with van der Waals surface area (Å²) in [5.74, 6) is -2.06. The van der Waals surface area contributed by atoms with Crippen molar-refractivity contribution in [3.05, 3.63) is 34.9 Å². The van der Waals surface area contributed by atoms with Gasteiger partial charge in [-0.1, -0.05) is 18.2 Å². The van der Waals surface area contributed by atoms with Crippen molar-refractivity contribution >= 4 is 17.8 Å². The lowest BCUT2D eigenvalue weighted by molar-refractivity contribution is -0.150. The molecule has 2 amide bonds. The summed E-state index contributed by atoms with van der Waals surface area (Å²) in [5, 5.41) is 9.50. The van der Waals surface area contributed by atoms with Gasteiger partial charge in [0.05, 0.1) is 11.8 Å². The zero-order valence-electron chi connectivity index (χ0n) is 16.8. The molecule has 2 heterocycles. The summed E-state index contributed by atoms with van der Waals surface area (Å²) in [6.07, 6.45) is 3.28. The Bertz CT molecular complexity index is 755. The normalized spacial score (nSPS) is 22.4. The molecule has 28 heavy (non-hydrogen) atoms. The van der Waals surface area contributed by atoms with Crippen LogP contribution < -0.4 is 0 Å². The van der Waals surface area contributed by atoms with E-state index in [-0.39, 0.29) is 18.4 Å². The number of carboxylic acid groups (broad SMARTS) is 1. The molecular weight excluding hydrogens is 356 g/mol. The standard InChI is InChI=1S/C22H30N2O4/c1-15-5-6-17(11-16(15)2)7-8-20(25)24-13-18(12-19(14-24)22(27)28)21(26)23-9-3-4-10-23/h5-6,11,18-19H,3-4,7-10,12-14H2,1-2H3,(H,27,28). The number of aryl methyl sites for hydroxylation is 3. The number of amides is 2. The number of hydrogen-bond acceptors (Lipinski definition) is 3. The van der Waals surface area contributed by atoms with E-state index < -0.39 is 17.8 Å². The summed E-state index contributed by atoms with van der Waals surface area (Å²) in [6.45, 7) is 6.14. The molecule has 0 aliphatic carbocycles. The molecule has 0 bridgehead atoms. The monoisotopic (exact) mass is 386 g/mol. The van der Waals surface area contributed by atoms with Crippen molar-refractivity contribution in [1.29, 1.82) is 0 Å². The molecule has 6 nitrogen and oxygen atoms in total. The van der Waals surface area contributed by atoms with Gasteiger partial charge in [-0.25, -0.2) is 0 Å². The number of carbonyl (C=O) groups is 3. The van der Waals surface area contributed by atoms with Crippen LogP contribution in [0, 0.1) is 25.7 Å². The first-order valence-electron chi connectivity index (χ1n) is 10.2. The molecule has 0 spiro atoms. The first kappa shape index (κ1) is 20.4. The third-order valence-electron chi connectivity index (χ3n) is 6.12. The van der Waals surface area contributed by atoms with Crippen LogP contribution in [-0.4, -0.2) is 58.9 Å². The second-order valence-electron chi connectivity index (χ2n) is 8.22. The molecule has 1 aromatic rings. The van der Waals surface area contributed by atoms with E-state index in [1.54, 1.807) is 4.90 Å². The molecule has 2 saturated heterocycles. The quantitative estimate of drug-likeness (QED) is 0.843. The number of rotatable bonds is 5. The van der Waals surface area contributed by atoms with Gasteiger partial charge < -0.3 is 14.9 Å². The van der Waals surface area contributed by atoms with Gasteiger partial charge in [0.1, 0.15) is 0 Å². The maximum Gasteiger partial charge on any atom is 0.308 e. The number of carboxylic acids is 1. The van der Waals surface area contributed by atoms with Crippen LogP contribution in [0.5, 0.6) is 0 Å². The van der Waals surface area contributed by atoms with Crippen molar-refractivity contribution in [3.63, 3.8) is 0 Å². The Kier molecular flexibility index (Phi) is 6.37. The lowest BCUT2D eigenvalue weighted by atomic mass is 9.88. The fourth-order valence-electron chi connectivity index (χ4n) is 4.22. The maximum atomic E-state index is 12.8. The van der Waals surface area contributed by atoms with Crippen LogP contribution in [0.3, 0.4) is 0 Å². The number of nitrogens with zero attached hydrogens (tertiary/aromatic N) is 2. The van der Waals surface area contributed by atoms with Crippen molar-refractivity contribution in [2.24, 2.45) is 11.8 Å². The van der Waals surface area contributed by atoms with Gasteiger partial charge >= 0.3 is 5.97 Å². The Hall–Kier alpha value is -2.37.